The first-order chi connectivity index (χ1) is 11.9. The van der Waals surface area contributed by atoms with Crippen LogP contribution in [0.5, 0.6) is 0 Å². The van der Waals surface area contributed by atoms with Gasteiger partial charge in [-0.15, -0.1) is 0 Å². The van der Waals surface area contributed by atoms with Gasteiger partial charge in [-0.2, -0.15) is 0 Å². The first kappa shape index (κ1) is 17.2. The van der Waals surface area contributed by atoms with E-state index in [1.807, 2.05) is 32.0 Å². The van der Waals surface area contributed by atoms with Crippen LogP contribution in [0.3, 0.4) is 0 Å². The molecule has 1 aromatic carbocycles. The van der Waals surface area contributed by atoms with Gasteiger partial charge in [-0.05, 0) is 26.8 Å². The molecule has 25 heavy (non-hydrogen) atoms. The van der Waals surface area contributed by atoms with Gasteiger partial charge in [0.15, 0.2) is 0 Å². The van der Waals surface area contributed by atoms with Crippen molar-refractivity contribution in [1.29, 1.82) is 0 Å². The third kappa shape index (κ3) is 3.17. The molecule has 2 aromatic heterocycles. The lowest BCUT2D eigenvalue weighted by atomic mass is 10.0. The number of aromatic nitrogens is 2. The Morgan fingerprint density at radius 2 is 1.80 bits per heavy atom. The fourth-order valence-corrected chi connectivity index (χ4v) is 2.91. The van der Waals surface area contributed by atoms with E-state index in [0.717, 1.165) is 11.3 Å². The summed E-state index contributed by atoms with van der Waals surface area (Å²) in [6.45, 7) is 5.77. The van der Waals surface area contributed by atoms with Crippen LogP contribution in [0.15, 0.2) is 33.3 Å². The smallest absolute Gasteiger partial charge is 0.259 e. The Kier molecular flexibility index (Phi) is 4.63. The third-order valence-corrected chi connectivity index (χ3v) is 4.46. The number of halogens is 1. The quantitative estimate of drug-likeness (QED) is 0.698. The van der Waals surface area contributed by atoms with E-state index in [9.17, 15) is 4.79 Å². The van der Waals surface area contributed by atoms with Gasteiger partial charge in [-0.25, -0.2) is 0 Å². The molecule has 0 radical (unpaired) electrons. The minimum atomic E-state index is -0.200. The van der Waals surface area contributed by atoms with Crippen LogP contribution in [0.25, 0.3) is 11.3 Å². The van der Waals surface area contributed by atoms with Crippen molar-refractivity contribution >= 4 is 17.5 Å². The van der Waals surface area contributed by atoms with Crippen molar-refractivity contribution in [2.75, 3.05) is 7.05 Å². The Labute approximate surface area is 150 Å². The van der Waals surface area contributed by atoms with Gasteiger partial charge in [0.25, 0.3) is 5.91 Å². The molecule has 0 aliphatic heterocycles. The molecule has 0 spiro atoms. The maximum Gasteiger partial charge on any atom is 0.259 e. The van der Waals surface area contributed by atoms with E-state index in [1.165, 1.54) is 0 Å². The molecule has 6 nitrogen and oxygen atoms in total. The van der Waals surface area contributed by atoms with Crippen molar-refractivity contribution in [2.45, 2.75) is 27.3 Å². The van der Waals surface area contributed by atoms with Gasteiger partial charge in [0.1, 0.15) is 22.8 Å². The Balaban J connectivity index is 1.95. The molecule has 0 aliphatic rings. The van der Waals surface area contributed by atoms with E-state index < -0.39 is 0 Å². The molecule has 0 aliphatic carbocycles. The number of carbonyl (C=O) groups is 1. The van der Waals surface area contributed by atoms with Gasteiger partial charge in [0, 0.05) is 18.2 Å². The fraction of sp³-hybridized carbons (Fsp3) is 0.278. The van der Waals surface area contributed by atoms with Gasteiger partial charge in [-0.1, -0.05) is 40.1 Å². The normalized spacial score (nSPS) is 10.9. The molecule has 0 fully saturated rings. The Morgan fingerprint density at radius 1 is 1.12 bits per heavy atom. The number of hydrogen-bond acceptors (Lipinski definition) is 5. The summed E-state index contributed by atoms with van der Waals surface area (Å²) in [6, 6.07) is 7.23. The molecule has 0 unspecified atom stereocenters. The van der Waals surface area contributed by atoms with Crippen LogP contribution in [0.4, 0.5) is 0 Å². The summed E-state index contributed by atoms with van der Waals surface area (Å²) in [5.41, 5.74) is 3.17. The van der Waals surface area contributed by atoms with Crippen LogP contribution < -0.4 is 0 Å². The highest BCUT2D eigenvalue weighted by atomic mass is 35.5. The lowest BCUT2D eigenvalue weighted by Crippen LogP contribution is -2.27. The highest BCUT2D eigenvalue weighted by molar-refractivity contribution is 6.33. The number of rotatable bonds is 4. The molecule has 0 saturated heterocycles. The minimum absolute atomic E-state index is 0.200. The molecular formula is C18H18ClN3O3. The Bertz CT molecular complexity index is 910. The summed E-state index contributed by atoms with van der Waals surface area (Å²) in [5, 5.41) is 8.48. The van der Waals surface area contributed by atoms with Crippen molar-refractivity contribution in [3.05, 3.63) is 57.6 Å². The van der Waals surface area contributed by atoms with E-state index in [-0.39, 0.29) is 5.91 Å². The lowest BCUT2D eigenvalue weighted by molar-refractivity contribution is 0.0783. The predicted molar refractivity (Wildman–Crippen MR) is 93.5 cm³/mol. The molecule has 1 amide bonds. The molecule has 7 heteroatoms. The maximum absolute atomic E-state index is 13.0. The second kappa shape index (κ2) is 6.72. The van der Waals surface area contributed by atoms with Crippen LogP contribution in [-0.2, 0) is 6.54 Å². The van der Waals surface area contributed by atoms with Gasteiger partial charge in [0.2, 0.25) is 0 Å². The van der Waals surface area contributed by atoms with Crippen molar-refractivity contribution < 1.29 is 13.8 Å². The summed E-state index contributed by atoms with van der Waals surface area (Å²) in [7, 11) is 1.72. The molecule has 130 valence electrons. The minimum Gasteiger partial charge on any atom is -0.361 e. The molecule has 3 rings (SSSR count). The third-order valence-electron chi connectivity index (χ3n) is 4.13. The summed E-state index contributed by atoms with van der Waals surface area (Å²) in [6.07, 6.45) is 0. The highest BCUT2D eigenvalue weighted by Gasteiger charge is 2.26. The number of amides is 1. The van der Waals surface area contributed by atoms with Gasteiger partial charge in [0.05, 0.1) is 17.3 Å². The second-order valence-corrected chi connectivity index (χ2v) is 6.31. The topological polar surface area (TPSA) is 72.4 Å². The van der Waals surface area contributed by atoms with Gasteiger partial charge < -0.3 is 13.9 Å². The van der Waals surface area contributed by atoms with E-state index in [0.29, 0.717) is 39.9 Å². The van der Waals surface area contributed by atoms with Crippen LogP contribution in [0.2, 0.25) is 5.02 Å². The van der Waals surface area contributed by atoms with Crippen LogP contribution >= 0.6 is 11.6 Å². The van der Waals surface area contributed by atoms with Crippen LogP contribution in [0, 0.1) is 20.8 Å². The summed E-state index contributed by atoms with van der Waals surface area (Å²) in [5.74, 6) is 0.949. The van der Waals surface area contributed by atoms with E-state index >= 15 is 0 Å². The number of hydrogen-bond donors (Lipinski definition) is 0. The number of carbonyl (C=O) groups excluding carboxylic acids is 1. The largest absolute Gasteiger partial charge is 0.361 e. The second-order valence-electron chi connectivity index (χ2n) is 5.91. The maximum atomic E-state index is 13.0. The van der Waals surface area contributed by atoms with Gasteiger partial charge >= 0.3 is 0 Å². The SMILES string of the molecule is Cc1noc(C)c1CN(C)C(=O)c1c(-c2ccccc2Cl)noc1C. The Hall–Kier alpha value is -2.60. The number of benzene rings is 1. The summed E-state index contributed by atoms with van der Waals surface area (Å²) in [4.78, 5) is 14.6. The monoisotopic (exact) mass is 359 g/mol. The molecule has 2 heterocycles. The number of aryl methyl sites for hydroxylation is 3. The molecular weight excluding hydrogens is 342 g/mol. The van der Waals surface area contributed by atoms with Crippen molar-refractivity contribution in [3.63, 3.8) is 0 Å². The zero-order valence-electron chi connectivity index (χ0n) is 14.5. The van der Waals surface area contributed by atoms with E-state index in [1.54, 1.807) is 24.9 Å². The zero-order valence-corrected chi connectivity index (χ0v) is 15.2. The molecule has 0 atom stereocenters. The van der Waals surface area contributed by atoms with E-state index in [4.69, 9.17) is 20.6 Å². The molecule has 3 aromatic rings. The predicted octanol–water partition coefficient (Wildman–Crippen LogP) is 4.18. The standard InChI is InChI=1S/C18H18ClN3O3/c1-10-14(11(2)24-20-10)9-22(4)18(23)16-12(3)25-21-17(16)13-7-5-6-8-15(13)19/h5-8H,9H2,1-4H3. The van der Waals surface area contributed by atoms with Crippen molar-refractivity contribution in [1.82, 2.24) is 15.2 Å². The van der Waals surface area contributed by atoms with E-state index in [2.05, 4.69) is 10.3 Å². The molecule has 0 bridgehead atoms. The van der Waals surface area contributed by atoms with Crippen LogP contribution in [-0.4, -0.2) is 28.2 Å². The number of nitrogens with zero attached hydrogens (tertiary/aromatic N) is 3. The van der Waals surface area contributed by atoms with Crippen LogP contribution in [0.1, 0.15) is 33.1 Å². The summed E-state index contributed by atoms with van der Waals surface area (Å²) >= 11 is 6.25. The Morgan fingerprint density at radius 3 is 2.44 bits per heavy atom. The van der Waals surface area contributed by atoms with Crippen molar-refractivity contribution in [2.24, 2.45) is 0 Å². The molecule has 0 N–H and O–H groups in total. The zero-order chi connectivity index (χ0) is 18.1. The lowest BCUT2D eigenvalue weighted by Gasteiger charge is -2.17. The first-order valence-corrected chi connectivity index (χ1v) is 8.16. The highest BCUT2D eigenvalue weighted by Crippen LogP contribution is 2.31. The average molecular weight is 360 g/mol. The average Bonchev–Trinajstić information content (AvgIpc) is 3.11. The summed E-state index contributed by atoms with van der Waals surface area (Å²) < 4.78 is 10.4. The first-order valence-electron chi connectivity index (χ1n) is 7.78. The van der Waals surface area contributed by atoms with Gasteiger partial charge in [-0.3, -0.25) is 4.79 Å². The van der Waals surface area contributed by atoms with Crippen molar-refractivity contribution in [3.8, 4) is 11.3 Å². The fourth-order valence-electron chi connectivity index (χ4n) is 2.69. The molecule has 0 saturated carbocycles.